The maximum absolute atomic E-state index is 12.3. The van der Waals surface area contributed by atoms with Crippen molar-refractivity contribution in [2.24, 2.45) is 5.73 Å². The number of aliphatic hydroxyl groups is 1. The van der Waals surface area contributed by atoms with Crippen LogP contribution in [0.25, 0.3) is 0 Å². The molecule has 0 fully saturated rings. The minimum atomic E-state index is -4.35. The molecule has 1 atom stereocenters. The van der Waals surface area contributed by atoms with Gasteiger partial charge in [0.2, 0.25) is 5.91 Å². The normalized spacial score (nSPS) is 13.3. The van der Waals surface area contributed by atoms with Gasteiger partial charge in [0.1, 0.15) is 6.10 Å². The van der Waals surface area contributed by atoms with Gasteiger partial charge < -0.3 is 16.2 Å². The van der Waals surface area contributed by atoms with Crippen molar-refractivity contribution < 1.29 is 23.1 Å². The molecule has 4 N–H and O–H groups in total. The Morgan fingerprint density at radius 1 is 1.33 bits per heavy atom. The lowest BCUT2D eigenvalue weighted by atomic mass is 10.1. The smallest absolute Gasteiger partial charge is 0.382 e. The number of primary amides is 1. The highest BCUT2D eigenvalue weighted by Gasteiger charge is 2.29. The van der Waals surface area contributed by atoms with Gasteiger partial charge in [0, 0.05) is 13.1 Å². The van der Waals surface area contributed by atoms with Gasteiger partial charge in [-0.1, -0.05) is 12.1 Å². The van der Waals surface area contributed by atoms with Crippen molar-refractivity contribution in [2.45, 2.75) is 18.8 Å². The van der Waals surface area contributed by atoms with Crippen LogP contribution in [0.5, 0.6) is 0 Å². The largest absolute Gasteiger partial charge is 0.416 e. The average Bonchev–Trinajstić information content (AvgIpc) is 2.28. The third kappa shape index (κ3) is 4.34. The number of alkyl halides is 3. The molecule has 4 nitrogen and oxygen atoms in total. The SMILES string of the molecule is NC(=O)C(O)CNCc1ccc(C(F)(F)F)cc1. The van der Waals surface area contributed by atoms with Gasteiger partial charge in [-0.05, 0) is 17.7 Å². The zero-order valence-electron chi connectivity index (χ0n) is 9.37. The molecule has 1 aromatic carbocycles. The Balaban J connectivity index is 2.47. The molecule has 7 heteroatoms. The molecule has 0 heterocycles. The van der Waals surface area contributed by atoms with E-state index in [1.54, 1.807) is 0 Å². The second kappa shape index (κ2) is 5.83. The van der Waals surface area contributed by atoms with Crippen molar-refractivity contribution in [3.05, 3.63) is 35.4 Å². The van der Waals surface area contributed by atoms with Gasteiger partial charge in [0.25, 0.3) is 0 Å². The fraction of sp³-hybridized carbons (Fsp3) is 0.364. The lowest BCUT2D eigenvalue weighted by Crippen LogP contribution is -2.37. The summed E-state index contributed by atoms with van der Waals surface area (Å²) in [5.74, 6) is -0.852. The summed E-state index contributed by atoms with van der Waals surface area (Å²) in [6.45, 7) is 0.193. The van der Waals surface area contributed by atoms with Crippen LogP contribution in [-0.2, 0) is 17.5 Å². The van der Waals surface area contributed by atoms with Crippen LogP contribution >= 0.6 is 0 Å². The Kier molecular flexibility index (Phi) is 4.69. The predicted molar refractivity (Wildman–Crippen MR) is 58.4 cm³/mol. The van der Waals surface area contributed by atoms with E-state index in [2.05, 4.69) is 5.32 Å². The van der Waals surface area contributed by atoms with E-state index in [4.69, 9.17) is 10.8 Å². The quantitative estimate of drug-likeness (QED) is 0.729. The Morgan fingerprint density at radius 2 is 1.89 bits per heavy atom. The summed E-state index contributed by atoms with van der Waals surface area (Å²) in [6.07, 6.45) is -5.66. The summed E-state index contributed by atoms with van der Waals surface area (Å²) in [7, 11) is 0. The predicted octanol–water partition coefficient (Wildman–Crippen LogP) is 0.641. The van der Waals surface area contributed by atoms with E-state index in [-0.39, 0.29) is 13.1 Å². The number of hydrogen-bond acceptors (Lipinski definition) is 3. The fourth-order valence-corrected chi connectivity index (χ4v) is 1.27. The van der Waals surface area contributed by atoms with Gasteiger partial charge in [-0.15, -0.1) is 0 Å². The molecule has 0 bridgehead atoms. The van der Waals surface area contributed by atoms with E-state index in [1.807, 2.05) is 0 Å². The molecule has 0 aliphatic carbocycles. The molecule has 0 aromatic heterocycles. The minimum Gasteiger partial charge on any atom is -0.382 e. The number of nitrogens with one attached hydrogen (secondary N) is 1. The van der Waals surface area contributed by atoms with Gasteiger partial charge in [-0.2, -0.15) is 13.2 Å². The molecule has 0 aliphatic heterocycles. The van der Waals surface area contributed by atoms with Gasteiger partial charge in [0.15, 0.2) is 0 Å². The van der Waals surface area contributed by atoms with Crippen LogP contribution in [0.1, 0.15) is 11.1 Å². The number of nitrogens with two attached hydrogens (primary N) is 1. The van der Waals surface area contributed by atoms with Crippen molar-refractivity contribution >= 4 is 5.91 Å². The first-order chi connectivity index (χ1) is 8.30. The number of rotatable bonds is 5. The molecule has 1 amide bonds. The number of halogens is 3. The van der Waals surface area contributed by atoms with E-state index in [0.29, 0.717) is 5.56 Å². The number of carbonyl (C=O) groups is 1. The molecule has 1 unspecified atom stereocenters. The zero-order chi connectivity index (χ0) is 13.8. The first kappa shape index (κ1) is 14.5. The van der Waals surface area contributed by atoms with Crippen LogP contribution in [0.2, 0.25) is 0 Å². The fourth-order valence-electron chi connectivity index (χ4n) is 1.27. The van der Waals surface area contributed by atoms with Crippen molar-refractivity contribution in [1.29, 1.82) is 0 Å². The highest BCUT2D eigenvalue weighted by molar-refractivity contribution is 5.78. The van der Waals surface area contributed by atoms with Crippen LogP contribution in [0.15, 0.2) is 24.3 Å². The maximum Gasteiger partial charge on any atom is 0.416 e. The van der Waals surface area contributed by atoms with E-state index in [1.165, 1.54) is 12.1 Å². The van der Waals surface area contributed by atoms with Crippen LogP contribution < -0.4 is 11.1 Å². The first-order valence-electron chi connectivity index (χ1n) is 5.15. The van der Waals surface area contributed by atoms with E-state index < -0.39 is 23.8 Å². The summed E-state index contributed by atoms with van der Waals surface area (Å²) in [4.78, 5) is 10.5. The molecule has 0 radical (unpaired) electrons. The summed E-state index contributed by atoms with van der Waals surface area (Å²) >= 11 is 0. The summed E-state index contributed by atoms with van der Waals surface area (Å²) in [5, 5.41) is 11.8. The van der Waals surface area contributed by atoms with Crippen LogP contribution in [0.3, 0.4) is 0 Å². The van der Waals surface area contributed by atoms with Crippen molar-refractivity contribution in [3.63, 3.8) is 0 Å². The Hall–Kier alpha value is -1.60. The molecule has 100 valence electrons. The third-order valence-electron chi connectivity index (χ3n) is 2.28. The summed E-state index contributed by atoms with van der Waals surface area (Å²) < 4.78 is 36.8. The minimum absolute atomic E-state index is 0.0453. The number of hydrogen-bond donors (Lipinski definition) is 3. The van der Waals surface area contributed by atoms with Gasteiger partial charge >= 0.3 is 6.18 Å². The number of carbonyl (C=O) groups excluding carboxylic acids is 1. The molecular weight excluding hydrogens is 249 g/mol. The lowest BCUT2D eigenvalue weighted by molar-refractivity contribution is -0.137. The number of benzene rings is 1. The molecule has 0 spiro atoms. The number of aliphatic hydroxyl groups excluding tert-OH is 1. The van der Waals surface area contributed by atoms with Gasteiger partial charge in [0.05, 0.1) is 5.56 Å². The molecular formula is C11H13F3N2O2. The first-order valence-corrected chi connectivity index (χ1v) is 5.15. The van der Waals surface area contributed by atoms with Crippen LogP contribution in [0, 0.1) is 0 Å². The summed E-state index contributed by atoms with van der Waals surface area (Å²) in [6, 6.07) is 4.60. The molecule has 18 heavy (non-hydrogen) atoms. The Morgan fingerprint density at radius 3 is 2.33 bits per heavy atom. The molecule has 0 saturated heterocycles. The van der Waals surface area contributed by atoms with E-state index >= 15 is 0 Å². The topological polar surface area (TPSA) is 75.4 Å². The highest BCUT2D eigenvalue weighted by Crippen LogP contribution is 2.28. The third-order valence-corrected chi connectivity index (χ3v) is 2.28. The Labute approximate surface area is 102 Å². The van der Waals surface area contributed by atoms with E-state index in [0.717, 1.165) is 12.1 Å². The van der Waals surface area contributed by atoms with Crippen molar-refractivity contribution in [2.75, 3.05) is 6.54 Å². The van der Waals surface area contributed by atoms with Crippen molar-refractivity contribution in [3.8, 4) is 0 Å². The molecule has 0 saturated carbocycles. The van der Waals surface area contributed by atoms with Crippen molar-refractivity contribution in [1.82, 2.24) is 5.32 Å². The average molecular weight is 262 g/mol. The second-order valence-electron chi connectivity index (χ2n) is 3.74. The summed E-state index contributed by atoms with van der Waals surface area (Å²) in [5.41, 5.74) is 4.72. The van der Waals surface area contributed by atoms with Gasteiger partial charge in [-0.25, -0.2) is 0 Å². The monoisotopic (exact) mass is 262 g/mol. The lowest BCUT2D eigenvalue weighted by Gasteiger charge is -2.10. The highest BCUT2D eigenvalue weighted by atomic mass is 19.4. The van der Waals surface area contributed by atoms with E-state index in [9.17, 15) is 18.0 Å². The van der Waals surface area contributed by atoms with Crippen LogP contribution in [-0.4, -0.2) is 23.7 Å². The van der Waals surface area contributed by atoms with Gasteiger partial charge in [-0.3, -0.25) is 4.79 Å². The molecule has 0 aliphatic rings. The molecule has 1 rings (SSSR count). The van der Waals surface area contributed by atoms with Crippen LogP contribution in [0.4, 0.5) is 13.2 Å². The molecule has 1 aromatic rings. The standard InChI is InChI=1S/C11H13F3N2O2/c12-11(13,14)8-3-1-7(2-4-8)5-16-6-9(17)10(15)18/h1-4,9,16-17H,5-6H2,(H2,15,18). The Bertz CT molecular complexity index is 404. The number of amides is 1. The maximum atomic E-state index is 12.3. The zero-order valence-corrected chi connectivity index (χ0v) is 9.37. The second-order valence-corrected chi connectivity index (χ2v) is 3.74.